The van der Waals surface area contributed by atoms with E-state index >= 15 is 0 Å². The lowest BCUT2D eigenvalue weighted by Crippen LogP contribution is -2.23. The van der Waals surface area contributed by atoms with Gasteiger partial charge in [0.25, 0.3) is 11.8 Å². The minimum Gasteiger partial charge on any atom is -0.456 e. The van der Waals surface area contributed by atoms with Crippen molar-refractivity contribution in [3.05, 3.63) is 16.0 Å². The molecule has 2 aliphatic carbocycles. The van der Waals surface area contributed by atoms with Crippen LogP contribution in [-0.2, 0) is 27.2 Å². The normalized spacial score (nSPS) is 16.9. The number of esters is 1. The van der Waals surface area contributed by atoms with Crippen LogP contribution < -0.4 is 11.1 Å². The first kappa shape index (κ1) is 18.9. The molecular formula is C19H26N2O4S. The molecular weight excluding hydrogens is 352 g/mol. The fourth-order valence-electron chi connectivity index (χ4n) is 3.92. The number of ether oxygens (including phenoxy) is 1. The second-order valence-electron chi connectivity index (χ2n) is 7.18. The Balaban J connectivity index is 1.50. The second-order valence-corrected chi connectivity index (χ2v) is 8.28. The molecule has 0 aromatic carbocycles. The molecule has 0 bridgehead atoms. The van der Waals surface area contributed by atoms with Crippen molar-refractivity contribution < 1.29 is 19.1 Å². The summed E-state index contributed by atoms with van der Waals surface area (Å²) in [5, 5.41) is 3.19. The Hall–Kier alpha value is -1.89. The summed E-state index contributed by atoms with van der Waals surface area (Å²) >= 11 is 1.41. The third-order valence-corrected chi connectivity index (χ3v) is 6.47. The topological polar surface area (TPSA) is 98.5 Å². The van der Waals surface area contributed by atoms with Gasteiger partial charge in [-0.15, -0.1) is 11.3 Å². The number of fused-ring (bicyclic) bond motifs is 1. The van der Waals surface area contributed by atoms with Crippen LogP contribution in [-0.4, -0.2) is 24.4 Å². The lowest BCUT2D eigenvalue weighted by Gasteiger charge is -2.11. The van der Waals surface area contributed by atoms with E-state index in [1.54, 1.807) is 0 Å². The number of carbonyl (C=O) groups is 3. The van der Waals surface area contributed by atoms with Gasteiger partial charge in [-0.2, -0.15) is 0 Å². The number of anilines is 1. The van der Waals surface area contributed by atoms with Gasteiger partial charge in [-0.1, -0.05) is 25.7 Å². The summed E-state index contributed by atoms with van der Waals surface area (Å²) < 4.78 is 5.08. The molecule has 3 N–H and O–H groups in total. The van der Waals surface area contributed by atoms with Crippen molar-refractivity contribution in [1.29, 1.82) is 0 Å². The minimum absolute atomic E-state index is 0.329. The summed E-state index contributed by atoms with van der Waals surface area (Å²) in [6, 6.07) is 0. The quantitative estimate of drug-likeness (QED) is 0.712. The molecule has 1 aromatic rings. The molecule has 0 unspecified atom stereocenters. The number of thiophene rings is 1. The highest BCUT2D eigenvalue weighted by atomic mass is 32.1. The predicted octanol–water partition coefficient (Wildman–Crippen LogP) is 3.18. The maximum atomic E-state index is 12.1. The fourth-order valence-corrected chi connectivity index (χ4v) is 5.23. The highest BCUT2D eigenvalue weighted by Crippen LogP contribution is 2.37. The number of hydrogen-bond donors (Lipinski definition) is 2. The van der Waals surface area contributed by atoms with Crippen LogP contribution in [0.5, 0.6) is 0 Å². The van der Waals surface area contributed by atoms with Gasteiger partial charge < -0.3 is 15.8 Å². The molecule has 6 nitrogen and oxygen atoms in total. The van der Waals surface area contributed by atoms with Crippen LogP contribution in [0.3, 0.4) is 0 Å². The Morgan fingerprint density at radius 1 is 1.12 bits per heavy atom. The first-order valence-electron chi connectivity index (χ1n) is 9.44. The first-order valence-corrected chi connectivity index (χ1v) is 10.3. The van der Waals surface area contributed by atoms with Crippen molar-refractivity contribution in [3.63, 3.8) is 0 Å². The van der Waals surface area contributed by atoms with Crippen molar-refractivity contribution in [2.45, 2.75) is 64.2 Å². The Morgan fingerprint density at radius 2 is 1.85 bits per heavy atom. The van der Waals surface area contributed by atoms with E-state index in [2.05, 4.69) is 5.32 Å². The third-order valence-electron chi connectivity index (χ3n) is 5.27. The number of rotatable bonds is 7. The largest absolute Gasteiger partial charge is 0.456 e. The smallest absolute Gasteiger partial charge is 0.306 e. The maximum Gasteiger partial charge on any atom is 0.306 e. The summed E-state index contributed by atoms with van der Waals surface area (Å²) in [4.78, 5) is 36.9. The predicted molar refractivity (Wildman–Crippen MR) is 100 cm³/mol. The minimum atomic E-state index is -0.520. The van der Waals surface area contributed by atoms with Crippen LogP contribution in [0, 0.1) is 5.92 Å². The molecule has 2 amide bonds. The van der Waals surface area contributed by atoms with Crippen LogP contribution in [0.2, 0.25) is 0 Å². The Labute approximate surface area is 157 Å². The van der Waals surface area contributed by atoms with Crippen molar-refractivity contribution >= 4 is 34.1 Å². The van der Waals surface area contributed by atoms with E-state index < -0.39 is 11.8 Å². The average Bonchev–Trinajstić information content (AvgIpc) is 3.25. The molecule has 7 heteroatoms. The highest BCUT2D eigenvalue weighted by molar-refractivity contribution is 7.17. The third kappa shape index (κ3) is 4.63. The van der Waals surface area contributed by atoms with Crippen molar-refractivity contribution in [2.75, 3.05) is 11.9 Å². The van der Waals surface area contributed by atoms with E-state index in [9.17, 15) is 14.4 Å². The van der Waals surface area contributed by atoms with Gasteiger partial charge in [0.2, 0.25) is 0 Å². The van der Waals surface area contributed by atoms with Gasteiger partial charge in [0.1, 0.15) is 5.00 Å². The summed E-state index contributed by atoms with van der Waals surface area (Å²) in [5.41, 5.74) is 6.90. The van der Waals surface area contributed by atoms with Gasteiger partial charge in [-0.3, -0.25) is 14.4 Å². The molecule has 1 fully saturated rings. The number of nitrogens with two attached hydrogens (primary N) is 1. The molecule has 2 aliphatic rings. The summed E-state index contributed by atoms with van der Waals surface area (Å²) in [7, 11) is 0. The zero-order valence-corrected chi connectivity index (χ0v) is 15.8. The highest BCUT2D eigenvalue weighted by Gasteiger charge is 2.25. The van der Waals surface area contributed by atoms with Crippen LogP contribution in [0.15, 0.2) is 0 Å². The molecule has 0 spiro atoms. The number of primary amides is 1. The molecule has 0 aliphatic heterocycles. The Morgan fingerprint density at radius 3 is 2.58 bits per heavy atom. The zero-order valence-electron chi connectivity index (χ0n) is 15.0. The summed E-state index contributed by atoms with van der Waals surface area (Å²) in [5.74, 6) is -0.673. The van der Waals surface area contributed by atoms with E-state index in [0.29, 0.717) is 22.9 Å². The van der Waals surface area contributed by atoms with Gasteiger partial charge in [0.15, 0.2) is 6.61 Å². The fraction of sp³-hybridized carbons (Fsp3) is 0.632. The Bertz CT molecular complexity index is 692. The molecule has 1 aromatic heterocycles. The monoisotopic (exact) mass is 378 g/mol. The van der Waals surface area contributed by atoms with E-state index in [1.807, 2.05) is 0 Å². The van der Waals surface area contributed by atoms with Gasteiger partial charge in [-0.25, -0.2) is 0 Å². The van der Waals surface area contributed by atoms with Gasteiger partial charge >= 0.3 is 5.97 Å². The van der Waals surface area contributed by atoms with Crippen LogP contribution in [0.1, 0.15) is 72.2 Å². The van der Waals surface area contributed by atoms with Crippen LogP contribution in [0.25, 0.3) is 0 Å². The van der Waals surface area contributed by atoms with Crippen molar-refractivity contribution in [3.8, 4) is 0 Å². The number of hydrogen-bond acceptors (Lipinski definition) is 5. The molecule has 1 saturated carbocycles. The van der Waals surface area contributed by atoms with Crippen LogP contribution in [0.4, 0.5) is 5.00 Å². The summed E-state index contributed by atoms with van der Waals surface area (Å²) in [6.07, 6.45) is 9.89. The van der Waals surface area contributed by atoms with Gasteiger partial charge in [-0.05, 0) is 43.6 Å². The van der Waals surface area contributed by atoms with E-state index in [4.69, 9.17) is 10.5 Å². The second kappa shape index (κ2) is 8.66. The summed E-state index contributed by atoms with van der Waals surface area (Å²) in [6.45, 7) is -0.329. The number of carbonyl (C=O) groups excluding carboxylic acids is 3. The molecule has 26 heavy (non-hydrogen) atoms. The van der Waals surface area contributed by atoms with E-state index in [1.165, 1.54) is 37.0 Å². The average molecular weight is 378 g/mol. The van der Waals surface area contributed by atoms with Crippen LogP contribution >= 0.6 is 11.3 Å². The Kier molecular flexibility index (Phi) is 6.29. The zero-order chi connectivity index (χ0) is 18.5. The molecule has 1 heterocycles. The number of amides is 2. The van der Waals surface area contributed by atoms with Crippen molar-refractivity contribution in [1.82, 2.24) is 0 Å². The molecule has 142 valence electrons. The molecule has 3 rings (SSSR count). The SMILES string of the molecule is NC(=O)c1c(NC(=O)COC(=O)CCC2CCCC2)sc2c1CCCC2. The molecule has 0 saturated heterocycles. The molecule has 0 radical (unpaired) electrons. The van der Waals surface area contributed by atoms with Gasteiger partial charge in [0.05, 0.1) is 5.56 Å². The number of nitrogens with one attached hydrogen (secondary N) is 1. The van der Waals surface area contributed by atoms with Gasteiger partial charge in [0, 0.05) is 11.3 Å². The number of aryl methyl sites for hydroxylation is 1. The lowest BCUT2D eigenvalue weighted by molar-refractivity contribution is -0.147. The van der Waals surface area contributed by atoms with Crippen molar-refractivity contribution in [2.24, 2.45) is 11.7 Å². The lowest BCUT2D eigenvalue weighted by atomic mass is 9.95. The first-order chi connectivity index (χ1) is 12.5. The molecule has 0 atom stereocenters. The standard InChI is InChI=1S/C19H26N2O4S/c20-18(24)17-13-7-3-4-8-14(13)26-19(17)21-15(22)11-25-16(23)10-9-12-5-1-2-6-12/h12H,1-11H2,(H2,20,24)(H,21,22). The van der Waals surface area contributed by atoms with E-state index in [-0.39, 0.29) is 12.6 Å². The maximum absolute atomic E-state index is 12.1. The van der Waals surface area contributed by atoms with E-state index in [0.717, 1.165) is 42.5 Å².